The van der Waals surface area contributed by atoms with E-state index < -0.39 is 18.5 Å². The van der Waals surface area contributed by atoms with Gasteiger partial charge in [-0.25, -0.2) is 4.79 Å². The monoisotopic (exact) mass is 416 g/mol. The van der Waals surface area contributed by atoms with Crippen molar-refractivity contribution in [3.63, 3.8) is 0 Å². The Morgan fingerprint density at radius 3 is 2.00 bits per heavy atom. The fraction of sp³-hybridized carbons (Fsp3) is 0.0833. The second-order valence-electron chi connectivity index (χ2n) is 6.52. The van der Waals surface area contributed by atoms with Crippen molar-refractivity contribution in [3.8, 4) is 0 Å². The minimum Gasteiger partial charge on any atom is -0.452 e. The number of esters is 1. The molecule has 0 aliphatic carbocycles. The predicted octanol–water partition coefficient (Wildman–Crippen LogP) is 3.07. The zero-order valence-electron chi connectivity index (χ0n) is 16.8. The molecule has 3 aromatic carbocycles. The Morgan fingerprint density at radius 2 is 1.35 bits per heavy atom. The largest absolute Gasteiger partial charge is 0.452 e. The van der Waals surface area contributed by atoms with Gasteiger partial charge in [-0.2, -0.15) is 0 Å². The van der Waals surface area contributed by atoms with Gasteiger partial charge in [-0.05, 0) is 30.3 Å². The smallest absolute Gasteiger partial charge is 0.339 e. The molecule has 7 nitrogen and oxygen atoms in total. The van der Waals surface area contributed by atoms with Crippen LogP contribution in [0.5, 0.6) is 0 Å². The second kappa shape index (κ2) is 9.98. The Labute approximate surface area is 179 Å². The van der Waals surface area contributed by atoms with Gasteiger partial charge < -0.3 is 15.4 Å². The molecule has 0 aromatic heterocycles. The molecule has 0 unspecified atom stereocenters. The molecule has 2 N–H and O–H groups in total. The molecular weight excluding hydrogens is 396 g/mol. The minimum absolute atomic E-state index is 0.0825. The van der Waals surface area contributed by atoms with Crippen molar-refractivity contribution in [2.45, 2.75) is 0 Å². The van der Waals surface area contributed by atoms with Gasteiger partial charge in [0.2, 0.25) is 0 Å². The van der Waals surface area contributed by atoms with E-state index in [9.17, 15) is 19.2 Å². The lowest BCUT2D eigenvalue weighted by Gasteiger charge is -2.10. The normalized spacial score (nSPS) is 10.1. The van der Waals surface area contributed by atoms with Crippen molar-refractivity contribution in [1.29, 1.82) is 0 Å². The van der Waals surface area contributed by atoms with Crippen LogP contribution in [0.25, 0.3) is 0 Å². The van der Waals surface area contributed by atoms with Crippen LogP contribution in [0.2, 0.25) is 0 Å². The highest BCUT2D eigenvalue weighted by Gasteiger charge is 2.19. The maximum atomic E-state index is 12.7. The number of amides is 2. The van der Waals surface area contributed by atoms with Crippen LogP contribution < -0.4 is 10.6 Å². The lowest BCUT2D eigenvalue weighted by molar-refractivity contribution is -0.119. The van der Waals surface area contributed by atoms with Gasteiger partial charge in [0.25, 0.3) is 11.8 Å². The van der Waals surface area contributed by atoms with Gasteiger partial charge in [0.1, 0.15) is 0 Å². The van der Waals surface area contributed by atoms with E-state index in [0.29, 0.717) is 16.8 Å². The van der Waals surface area contributed by atoms with Crippen LogP contribution in [0.4, 0.5) is 5.69 Å². The summed E-state index contributed by atoms with van der Waals surface area (Å²) in [6, 6.07) is 21.1. The number of carbonyl (C=O) groups is 4. The van der Waals surface area contributed by atoms with Crippen LogP contribution in [0.1, 0.15) is 36.6 Å². The molecule has 0 aliphatic rings. The van der Waals surface area contributed by atoms with Crippen molar-refractivity contribution >= 4 is 29.3 Å². The van der Waals surface area contributed by atoms with Gasteiger partial charge in [0.15, 0.2) is 12.4 Å². The van der Waals surface area contributed by atoms with E-state index in [-0.39, 0.29) is 22.8 Å². The molecular formula is C24H20N2O5. The molecule has 0 spiro atoms. The number of anilines is 1. The van der Waals surface area contributed by atoms with Crippen LogP contribution in [0, 0.1) is 0 Å². The Morgan fingerprint density at radius 1 is 0.742 bits per heavy atom. The van der Waals surface area contributed by atoms with Gasteiger partial charge in [-0.1, -0.05) is 48.5 Å². The molecule has 0 saturated carbocycles. The summed E-state index contributed by atoms with van der Waals surface area (Å²) in [5.41, 5.74) is 1.63. The minimum atomic E-state index is -0.773. The first kappa shape index (κ1) is 21.4. The summed E-state index contributed by atoms with van der Waals surface area (Å²) in [4.78, 5) is 48.9. The van der Waals surface area contributed by atoms with Gasteiger partial charge in [-0.15, -0.1) is 0 Å². The summed E-state index contributed by atoms with van der Waals surface area (Å²) < 4.78 is 5.10. The maximum Gasteiger partial charge on any atom is 0.339 e. The molecule has 0 atom stereocenters. The highest BCUT2D eigenvalue weighted by molar-refractivity contribution is 6.14. The lowest BCUT2D eigenvalue weighted by atomic mass is 9.98. The molecule has 0 bridgehead atoms. The zero-order chi connectivity index (χ0) is 22.2. The summed E-state index contributed by atoms with van der Waals surface area (Å²) in [7, 11) is 1.53. The Hall–Kier alpha value is -4.26. The summed E-state index contributed by atoms with van der Waals surface area (Å²) in [6.07, 6.45) is 0. The molecule has 7 heteroatoms. The van der Waals surface area contributed by atoms with E-state index in [1.54, 1.807) is 72.8 Å². The highest BCUT2D eigenvalue weighted by Crippen LogP contribution is 2.16. The van der Waals surface area contributed by atoms with Gasteiger partial charge in [-0.3, -0.25) is 14.4 Å². The van der Waals surface area contributed by atoms with Crippen LogP contribution in [0.3, 0.4) is 0 Å². The average Bonchev–Trinajstić information content (AvgIpc) is 2.82. The first-order chi connectivity index (χ1) is 15.0. The van der Waals surface area contributed by atoms with E-state index in [1.807, 2.05) is 0 Å². The lowest BCUT2D eigenvalue weighted by Crippen LogP contribution is -2.22. The molecule has 2 amide bonds. The van der Waals surface area contributed by atoms with E-state index in [1.165, 1.54) is 13.1 Å². The topological polar surface area (TPSA) is 102 Å². The fourth-order valence-corrected chi connectivity index (χ4v) is 2.86. The summed E-state index contributed by atoms with van der Waals surface area (Å²) in [5.74, 6) is -1.87. The van der Waals surface area contributed by atoms with Crippen LogP contribution in [-0.2, 0) is 9.53 Å². The molecule has 0 heterocycles. The molecule has 31 heavy (non-hydrogen) atoms. The third kappa shape index (κ3) is 5.42. The quantitative estimate of drug-likeness (QED) is 0.455. The van der Waals surface area contributed by atoms with E-state index in [0.717, 1.165) is 0 Å². The number of hydrogen-bond donors (Lipinski definition) is 2. The highest BCUT2D eigenvalue weighted by atomic mass is 16.5. The summed E-state index contributed by atoms with van der Waals surface area (Å²) in [6.45, 7) is -0.524. The second-order valence-corrected chi connectivity index (χ2v) is 6.52. The van der Waals surface area contributed by atoms with E-state index in [4.69, 9.17) is 4.74 Å². The number of hydrogen-bond acceptors (Lipinski definition) is 5. The van der Waals surface area contributed by atoms with Crippen molar-refractivity contribution in [2.24, 2.45) is 0 Å². The first-order valence-electron chi connectivity index (χ1n) is 9.47. The van der Waals surface area contributed by atoms with Crippen molar-refractivity contribution < 1.29 is 23.9 Å². The Kier molecular flexibility index (Phi) is 6.90. The fourth-order valence-electron chi connectivity index (χ4n) is 2.86. The van der Waals surface area contributed by atoms with Crippen LogP contribution in [0.15, 0.2) is 78.9 Å². The van der Waals surface area contributed by atoms with Crippen LogP contribution >= 0.6 is 0 Å². The van der Waals surface area contributed by atoms with Crippen molar-refractivity contribution in [1.82, 2.24) is 5.32 Å². The third-order valence-corrected chi connectivity index (χ3v) is 4.42. The zero-order valence-corrected chi connectivity index (χ0v) is 16.8. The summed E-state index contributed by atoms with van der Waals surface area (Å²) in [5, 5.41) is 5.09. The Balaban J connectivity index is 1.63. The number of ketones is 1. The Bertz CT molecular complexity index is 1110. The van der Waals surface area contributed by atoms with Crippen molar-refractivity contribution in [3.05, 3.63) is 101 Å². The molecule has 0 fully saturated rings. The molecule has 3 rings (SSSR count). The molecule has 0 saturated heterocycles. The van der Waals surface area contributed by atoms with Gasteiger partial charge >= 0.3 is 5.97 Å². The number of benzene rings is 3. The third-order valence-electron chi connectivity index (χ3n) is 4.42. The predicted molar refractivity (Wildman–Crippen MR) is 115 cm³/mol. The summed E-state index contributed by atoms with van der Waals surface area (Å²) >= 11 is 0. The van der Waals surface area contributed by atoms with E-state index in [2.05, 4.69) is 10.6 Å². The van der Waals surface area contributed by atoms with E-state index >= 15 is 0 Å². The number of rotatable bonds is 7. The van der Waals surface area contributed by atoms with Gasteiger partial charge in [0, 0.05) is 29.4 Å². The standard InChI is InChI=1S/C24H20N2O5/c1-25-23(29)17-11-13-18(14-12-17)26-21(27)15-31-24(30)20-10-6-5-9-19(20)22(28)16-7-3-2-4-8-16/h2-14H,15H2,1H3,(H,25,29)(H,26,27). The molecule has 0 radical (unpaired) electrons. The van der Waals surface area contributed by atoms with Crippen LogP contribution in [-0.4, -0.2) is 37.2 Å². The van der Waals surface area contributed by atoms with Crippen molar-refractivity contribution in [2.75, 3.05) is 19.0 Å². The maximum absolute atomic E-state index is 12.7. The number of nitrogens with one attached hydrogen (secondary N) is 2. The molecule has 0 aliphatic heterocycles. The number of carbonyl (C=O) groups excluding carboxylic acids is 4. The first-order valence-corrected chi connectivity index (χ1v) is 9.47. The van der Waals surface area contributed by atoms with Gasteiger partial charge in [0.05, 0.1) is 5.56 Å². The molecule has 3 aromatic rings. The molecule has 156 valence electrons. The number of ether oxygens (including phenoxy) is 1. The average molecular weight is 416 g/mol. The SMILES string of the molecule is CNC(=O)c1ccc(NC(=O)COC(=O)c2ccccc2C(=O)c2ccccc2)cc1.